The molecule has 0 saturated carbocycles. The summed E-state index contributed by atoms with van der Waals surface area (Å²) in [5, 5.41) is 10.6. The van der Waals surface area contributed by atoms with Gasteiger partial charge in [0.2, 0.25) is 0 Å². The second kappa shape index (κ2) is 7.55. The van der Waals surface area contributed by atoms with E-state index in [4.69, 9.17) is 0 Å². The van der Waals surface area contributed by atoms with Crippen molar-refractivity contribution in [2.24, 2.45) is 0 Å². The van der Waals surface area contributed by atoms with Crippen molar-refractivity contribution in [3.8, 4) is 22.3 Å². The van der Waals surface area contributed by atoms with Crippen LogP contribution in [0.25, 0.3) is 65.3 Å². The van der Waals surface area contributed by atoms with E-state index in [-0.39, 0.29) is 5.41 Å². The van der Waals surface area contributed by atoms with Crippen LogP contribution in [0, 0.1) is 6.92 Å². The Morgan fingerprint density at radius 3 is 1.87 bits per heavy atom. The summed E-state index contributed by atoms with van der Waals surface area (Å²) in [6.45, 7) is 7.05. The largest absolute Gasteiger partial charge is 0.0619 e. The fourth-order valence-corrected chi connectivity index (χ4v) is 7.13. The zero-order chi connectivity index (χ0) is 25.6. The van der Waals surface area contributed by atoms with Gasteiger partial charge in [0, 0.05) is 5.41 Å². The van der Waals surface area contributed by atoms with Gasteiger partial charge in [0.25, 0.3) is 0 Å². The topological polar surface area (TPSA) is 0 Å². The molecular formula is C38H28. The molecule has 0 fully saturated rings. The third-order valence-corrected chi connectivity index (χ3v) is 9.03. The van der Waals surface area contributed by atoms with Crippen molar-refractivity contribution >= 4 is 43.1 Å². The molecule has 0 aliphatic heterocycles. The number of hydrogen-bond acceptors (Lipinski definition) is 0. The van der Waals surface area contributed by atoms with Crippen molar-refractivity contribution in [2.75, 3.05) is 0 Å². The minimum atomic E-state index is -0.0393. The molecule has 0 amide bonds. The van der Waals surface area contributed by atoms with Gasteiger partial charge in [-0.3, -0.25) is 0 Å². The highest BCUT2D eigenvalue weighted by Crippen LogP contribution is 2.52. The summed E-state index contributed by atoms with van der Waals surface area (Å²) in [7, 11) is 0. The Morgan fingerprint density at radius 1 is 0.421 bits per heavy atom. The summed E-state index contributed by atoms with van der Waals surface area (Å²) in [4.78, 5) is 0. The minimum Gasteiger partial charge on any atom is -0.0619 e. The molecule has 0 N–H and O–H groups in total. The van der Waals surface area contributed by atoms with Crippen LogP contribution < -0.4 is 0 Å². The Bertz CT molecular complexity index is 2110. The predicted octanol–water partition coefficient (Wildman–Crippen LogP) is 10.6. The second-order valence-electron chi connectivity index (χ2n) is 11.4. The Labute approximate surface area is 223 Å². The third-order valence-electron chi connectivity index (χ3n) is 9.03. The third kappa shape index (κ3) is 2.75. The molecule has 180 valence electrons. The summed E-state index contributed by atoms with van der Waals surface area (Å²) in [5.41, 5.74) is 9.58. The number of fused-ring (bicyclic) bond motifs is 8. The fraction of sp³-hybridized carbons (Fsp3) is 0.105. The van der Waals surface area contributed by atoms with E-state index in [1.165, 1.54) is 82.0 Å². The molecule has 0 atom stereocenters. The van der Waals surface area contributed by atoms with Crippen molar-refractivity contribution in [1.82, 2.24) is 0 Å². The zero-order valence-electron chi connectivity index (χ0n) is 22.0. The summed E-state index contributed by atoms with van der Waals surface area (Å²) in [6.07, 6.45) is 0. The van der Waals surface area contributed by atoms with Gasteiger partial charge in [-0.2, -0.15) is 0 Å². The van der Waals surface area contributed by atoms with E-state index in [1.54, 1.807) is 0 Å². The monoisotopic (exact) mass is 484 g/mol. The van der Waals surface area contributed by atoms with Crippen LogP contribution in [0.1, 0.15) is 30.5 Å². The van der Waals surface area contributed by atoms with Crippen LogP contribution in [0.2, 0.25) is 0 Å². The molecule has 7 aromatic carbocycles. The molecular weight excluding hydrogens is 456 g/mol. The van der Waals surface area contributed by atoms with Crippen molar-refractivity contribution in [3.63, 3.8) is 0 Å². The van der Waals surface area contributed by atoms with Crippen molar-refractivity contribution < 1.29 is 0 Å². The fourth-order valence-electron chi connectivity index (χ4n) is 7.13. The molecule has 0 aromatic heterocycles. The quantitative estimate of drug-likeness (QED) is 0.161. The molecule has 0 unspecified atom stereocenters. The summed E-state index contributed by atoms with van der Waals surface area (Å²) in [5.74, 6) is 0. The lowest BCUT2D eigenvalue weighted by Crippen LogP contribution is -2.14. The molecule has 0 spiro atoms. The molecule has 0 nitrogen and oxygen atoms in total. The molecule has 0 radical (unpaired) electrons. The molecule has 1 aliphatic rings. The van der Waals surface area contributed by atoms with Crippen LogP contribution in [0.15, 0.2) is 115 Å². The number of benzene rings is 7. The summed E-state index contributed by atoms with van der Waals surface area (Å²) in [6, 6.07) is 43.1. The van der Waals surface area contributed by atoms with E-state index in [0.29, 0.717) is 0 Å². The van der Waals surface area contributed by atoms with Gasteiger partial charge >= 0.3 is 0 Å². The van der Waals surface area contributed by atoms with Crippen LogP contribution in [0.4, 0.5) is 0 Å². The highest BCUT2D eigenvalue weighted by atomic mass is 14.4. The minimum absolute atomic E-state index is 0.0393. The molecule has 0 saturated heterocycles. The smallest absolute Gasteiger partial charge is 0.0159 e. The van der Waals surface area contributed by atoms with Gasteiger partial charge in [-0.05, 0) is 107 Å². The van der Waals surface area contributed by atoms with E-state index in [0.717, 1.165) is 0 Å². The SMILES string of the molecule is Cc1c2ccccc2c(-c2cc3ccccc3c3ccccc23)c2cc3c(cc12)-c1ccccc1C3(C)C. The van der Waals surface area contributed by atoms with Gasteiger partial charge in [0.05, 0.1) is 0 Å². The van der Waals surface area contributed by atoms with Gasteiger partial charge in [-0.1, -0.05) is 111 Å². The first-order chi connectivity index (χ1) is 18.5. The van der Waals surface area contributed by atoms with Crippen LogP contribution in [-0.4, -0.2) is 0 Å². The maximum absolute atomic E-state index is 2.52. The van der Waals surface area contributed by atoms with Gasteiger partial charge in [-0.25, -0.2) is 0 Å². The maximum atomic E-state index is 2.52. The summed E-state index contributed by atoms with van der Waals surface area (Å²) >= 11 is 0. The second-order valence-corrected chi connectivity index (χ2v) is 11.4. The first-order valence-electron chi connectivity index (χ1n) is 13.5. The van der Waals surface area contributed by atoms with Gasteiger partial charge < -0.3 is 0 Å². The van der Waals surface area contributed by atoms with Gasteiger partial charge in [0.1, 0.15) is 0 Å². The van der Waals surface area contributed by atoms with Crippen LogP contribution in [-0.2, 0) is 5.41 Å². The highest BCUT2D eigenvalue weighted by molar-refractivity contribution is 6.23. The van der Waals surface area contributed by atoms with Crippen LogP contribution in [0.3, 0.4) is 0 Å². The lowest BCUT2D eigenvalue weighted by Gasteiger charge is -2.23. The average molecular weight is 485 g/mol. The van der Waals surface area contributed by atoms with E-state index in [9.17, 15) is 0 Å². The van der Waals surface area contributed by atoms with E-state index in [2.05, 4.69) is 136 Å². The van der Waals surface area contributed by atoms with Crippen molar-refractivity contribution in [3.05, 3.63) is 132 Å². The lowest BCUT2D eigenvalue weighted by molar-refractivity contribution is 0.661. The Morgan fingerprint density at radius 2 is 1.05 bits per heavy atom. The molecule has 0 heterocycles. The highest BCUT2D eigenvalue weighted by Gasteiger charge is 2.36. The average Bonchev–Trinajstić information content (AvgIpc) is 3.18. The Balaban J connectivity index is 1.60. The first kappa shape index (κ1) is 21.6. The summed E-state index contributed by atoms with van der Waals surface area (Å²) < 4.78 is 0. The zero-order valence-corrected chi connectivity index (χ0v) is 22.0. The van der Waals surface area contributed by atoms with E-state index < -0.39 is 0 Å². The normalized spacial score (nSPS) is 13.9. The standard InChI is InChI=1S/C38H28/c1-23-25-13-6-9-18-30(25)37(33-20-24-12-4-5-14-26(24)27-15-7-8-16-28(27)33)34-22-36-32(21-31(23)34)29-17-10-11-19-35(29)38(36,2)3/h4-22H,1-3H3. The molecule has 38 heavy (non-hydrogen) atoms. The lowest BCUT2D eigenvalue weighted by atomic mass is 9.80. The van der Waals surface area contributed by atoms with E-state index >= 15 is 0 Å². The predicted molar refractivity (Wildman–Crippen MR) is 164 cm³/mol. The maximum Gasteiger partial charge on any atom is 0.0159 e. The van der Waals surface area contributed by atoms with E-state index in [1.807, 2.05) is 0 Å². The Hall–Kier alpha value is -4.42. The molecule has 8 rings (SSSR count). The molecule has 7 aromatic rings. The van der Waals surface area contributed by atoms with Crippen molar-refractivity contribution in [2.45, 2.75) is 26.2 Å². The van der Waals surface area contributed by atoms with Gasteiger partial charge in [-0.15, -0.1) is 0 Å². The number of rotatable bonds is 1. The van der Waals surface area contributed by atoms with Gasteiger partial charge in [0.15, 0.2) is 0 Å². The van der Waals surface area contributed by atoms with Crippen LogP contribution >= 0.6 is 0 Å². The van der Waals surface area contributed by atoms with Crippen molar-refractivity contribution in [1.29, 1.82) is 0 Å². The van der Waals surface area contributed by atoms with Crippen LogP contribution in [0.5, 0.6) is 0 Å². The number of aryl methyl sites for hydroxylation is 1. The molecule has 0 heteroatoms. The molecule has 0 bridgehead atoms. The first-order valence-corrected chi connectivity index (χ1v) is 13.5. The molecule has 1 aliphatic carbocycles. The Kier molecular flexibility index (Phi) is 4.30. The number of hydrogen-bond donors (Lipinski definition) is 0.